The average Bonchev–Trinajstić information content (AvgIpc) is 2.86. The lowest BCUT2D eigenvalue weighted by Crippen LogP contribution is -2.22. The van der Waals surface area contributed by atoms with Gasteiger partial charge in [-0.3, -0.25) is 4.57 Å². The highest BCUT2D eigenvalue weighted by atomic mass is 28.3. The maximum Gasteiger partial charge on any atom is 0.298 e. The monoisotopic (exact) mass is 344 g/mol. The zero-order chi connectivity index (χ0) is 17.1. The summed E-state index contributed by atoms with van der Waals surface area (Å²) in [5, 5.41) is 0. The van der Waals surface area contributed by atoms with Crippen LogP contribution in [0.4, 0.5) is 8.78 Å². The Labute approximate surface area is 137 Å². The molecule has 7 heteroatoms. The number of hydrogen-bond donors (Lipinski definition) is 0. The zero-order valence-electron chi connectivity index (χ0n) is 14.4. The number of halogens is 2. The molecule has 0 radical (unpaired) electrons. The van der Waals surface area contributed by atoms with Crippen molar-refractivity contribution in [1.82, 2.24) is 9.55 Å². The predicted molar refractivity (Wildman–Crippen MR) is 89.7 cm³/mol. The van der Waals surface area contributed by atoms with E-state index in [9.17, 15) is 8.78 Å². The molecule has 0 aliphatic heterocycles. The van der Waals surface area contributed by atoms with Crippen LogP contribution in [0, 0.1) is 0 Å². The minimum Gasteiger partial charge on any atom is -0.468 e. The third-order valence-corrected chi connectivity index (χ3v) is 5.59. The summed E-state index contributed by atoms with van der Waals surface area (Å²) in [5.41, 5.74) is 1.56. The molecule has 0 saturated carbocycles. The summed E-state index contributed by atoms with van der Waals surface area (Å²) < 4.78 is 39.2. The van der Waals surface area contributed by atoms with E-state index in [0.29, 0.717) is 31.5 Å². The Bertz CT molecular complexity index is 565. The Morgan fingerprint density at radius 3 is 2.65 bits per heavy atom. The van der Waals surface area contributed by atoms with E-state index >= 15 is 0 Å². The summed E-state index contributed by atoms with van der Waals surface area (Å²) >= 11 is 0. The van der Waals surface area contributed by atoms with Crippen molar-refractivity contribution in [3.63, 3.8) is 0 Å². The number of hydrogen-bond acceptors (Lipinski definition) is 3. The molecule has 0 fully saturated rings. The number of alkyl halides is 2. The smallest absolute Gasteiger partial charge is 0.298 e. The molecule has 0 atom stereocenters. The minimum absolute atomic E-state index is 0.124. The van der Waals surface area contributed by atoms with E-state index in [1.165, 1.54) is 0 Å². The van der Waals surface area contributed by atoms with Gasteiger partial charge in [-0.25, -0.2) is 8.78 Å². The van der Waals surface area contributed by atoms with E-state index in [4.69, 9.17) is 9.47 Å². The molecule has 0 N–H and O–H groups in total. The fraction of sp³-hybridized carbons (Fsp3) is 0.688. The normalized spacial score (nSPS) is 17.9. The molecule has 0 unspecified atom stereocenters. The first-order valence-corrected chi connectivity index (χ1v) is 11.7. The number of ether oxygens (including phenoxy) is 2. The number of rotatable bonds is 7. The van der Waals surface area contributed by atoms with Gasteiger partial charge in [-0.1, -0.05) is 25.7 Å². The molecular formula is C16H26F2N2O2Si. The molecule has 130 valence electrons. The van der Waals surface area contributed by atoms with Gasteiger partial charge in [-0.15, -0.1) is 0 Å². The Morgan fingerprint density at radius 2 is 2.09 bits per heavy atom. The molecule has 0 spiro atoms. The van der Waals surface area contributed by atoms with Crippen LogP contribution in [-0.4, -0.2) is 37.3 Å². The number of aromatic nitrogens is 2. The minimum atomic E-state index is -2.59. The van der Waals surface area contributed by atoms with E-state index in [2.05, 4.69) is 24.6 Å². The number of allylic oxidation sites excluding steroid dienone is 2. The Balaban J connectivity index is 1.99. The Morgan fingerprint density at radius 1 is 1.35 bits per heavy atom. The van der Waals surface area contributed by atoms with Crippen molar-refractivity contribution in [3.8, 4) is 6.01 Å². The van der Waals surface area contributed by atoms with Crippen LogP contribution in [0.1, 0.15) is 25.0 Å². The zero-order valence-corrected chi connectivity index (χ0v) is 15.4. The van der Waals surface area contributed by atoms with E-state index in [1.54, 1.807) is 17.8 Å². The molecule has 0 amide bonds. The molecule has 23 heavy (non-hydrogen) atoms. The standard InChI is InChI=1S/C16H26F2N2O2Si/c1-21-15-19-14(13-5-7-16(17,18)8-6-13)11-20(15)12-22-9-10-23(2,3)4/h5,11H,6-10,12H2,1-4H3. The third kappa shape index (κ3) is 5.42. The molecule has 0 saturated heterocycles. The molecule has 2 rings (SSSR count). The first kappa shape index (κ1) is 18.1. The van der Waals surface area contributed by atoms with Gasteiger partial charge in [-0.2, -0.15) is 4.98 Å². The summed E-state index contributed by atoms with van der Waals surface area (Å²) in [4.78, 5) is 4.38. The summed E-state index contributed by atoms with van der Waals surface area (Å²) in [6.45, 7) is 7.98. The SMILES string of the molecule is COc1nc(C2=CCC(F)(F)CC2)cn1COCC[Si](C)(C)C. The highest BCUT2D eigenvalue weighted by molar-refractivity contribution is 6.76. The second-order valence-corrected chi connectivity index (χ2v) is 12.8. The molecule has 1 aliphatic carbocycles. The van der Waals surface area contributed by atoms with Crippen LogP contribution in [0.3, 0.4) is 0 Å². The summed E-state index contributed by atoms with van der Waals surface area (Å²) in [6.07, 6.45) is 3.40. The summed E-state index contributed by atoms with van der Waals surface area (Å²) in [6, 6.07) is 1.54. The lowest BCUT2D eigenvalue weighted by molar-refractivity contribution is -0.00605. The van der Waals surface area contributed by atoms with Gasteiger partial charge in [-0.05, 0) is 18.0 Å². The third-order valence-electron chi connectivity index (χ3n) is 3.89. The van der Waals surface area contributed by atoms with E-state index < -0.39 is 14.0 Å². The Hall–Kier alpha value is -1.21. The van der Waals surface area contributed by atoms with Gasteiger partial charge in [0.15, 0.2) is 0 Å². The van der Waals surface area contributed by atoms with Crippen LogP contribution in [0.15, 0.2) is 12.3 Å². The van der Waals surface area contributed by atoms with Crippen LogP contribution in [0.2, 0.25) is 25.7 Å². The predicted octanol–water partition coefficient (Wildman–Crippen LogP) is 4.41. The molecule has 0 aromatic carbocycles. The lowest BCUT2D eigenvalue weighted by Gasteiger charge is -2.20. The summed E-state index contributed by atoms with van der Waals surface area (Å²) in [5.74, 6) is -2.59. The van der Waals surface area contributed by atoms with Crippen molar-refractivity contribution in [2.75, 3.05) is 13.7 Å². The molecule has 1 aromatic rings. The van der Waals surface area contributed by atoms with E-state index in [0.717, 1.165) is 11.6 Å². The van der Waals surface area contributed by atoms with Crippen LogP contribution in [0.25, 0.3) is 5.57 Å². The largest absolute Gasteiger partial charge is 0.468 e. The fourth-order valence-electron chi connectivity index (χ4n) is 2.38. The lowest BCUT2D eigenvalue weighted by atomic mass is 9.95. The molecule has 1 aliphatic rings. The van der Waals surface area contributed by atoms with Crippen molar-refractivity contribution in [2.24, 2.45) is 0 Å². The van der Waals surface area contributed by atoms with Gasteiger partial charge >= 0.3 is 0 Å². The molecule has 1 aromatic heterocycles. The van der Waals surface area contributed by atoms with Crippen LogP contribution in [-0.2, 0) is 11.5 Å². The second-order valence-electron chi connectivity index (χ2n) is 7.22. The van der Waals surface area contributed by atoms with Gasteiger partial charge in [0.25, 0.3) is 11.9 Å². The van der Waals surface area contributed by atoms with Gasteiger partial charge in [0.1, 0.15) is 6.73 Å². The van der Waals surface area contributed by atoms with Gasteiger partial charge in [0.2, 0.25) is 0 Å². The van der Waals surface area contributed by atoms with E-state index in [-0.39, 0.29) is 12.8 Å². The average molecular weight is 344 g/mol. The first-order chi connectivity index (χ1) is 10.7. The van der Waals surface area contributed by atoms with Crippen LogP contribution < -0.4 is 4.74 Å². The molecule has 1 heterocycles. The first-order valence-electron chi connectivity index (χ1n) is 7.96. The van der Waals surface area contributed by atoms with Gasteiger partial charge < -0.3 is 9.47 Å². The van der Waals surface area contributed by atoms with Gasteiger partial charge in [0, 0.05) is 33.7 Å². The number of nitrogens with zero attached hydrogens (tertiary/aromatic N) is 2. The van der Waals surface area contributed by atoms with Gasteiger partial charge in [0.05, 0.1) is 12.8 Å². The second kappa shape index (κ2) is 7.13. The van der Waals surface area contributed by atoms with Crippen LogP contribution >= 0.6 is 0 Å². The van der Waals surface area contributed by atoms with Crippen molar-refractivity contribution in [2.45, 2.75) is 57.6 Å². The number of methoxy groups -OCH3 is 1. The molecular weight excluding hydrogens is 318 g/mol. The van der Waals surface area contributed by atoms with Crippen molar-refractivity contribution in [1.29, 1.82) is 0 Å². The topological polar surface area (TPSA) is 36.3 Å². The van der Waals surface area contributed by atoms with Crippen LogP contribution in [0.5, 0.6) is 6.01 Å². The fourth-order valence-corrected chi connectivity index (χ4v) is 3.13. The number of imidazole rings is 1. The maximum absolute atomic E-state index is 13.2. The molecule has 0 bridgehead atoms. The highest BCUT2D eigenvalue weighted by Gasteiger charge is 2.31. The highest BCUT2D eigenvalue weighted by Crippen LogP contribution is 2.36. The quantitative estimate of drug-likeness (QED) is 0.543. The van der Waals surface area contributed by atoms with Crippen molar-refractivity contribution < 1.29 is 18.3 Å². The summed E-state index contributed by atoms with van der Waals surface area (Å²) in [7, 11) is 0.436. The maximum atomic E-state index is 13.2. The van der Waals surface area contributed by atoms with Crippen molar-refractivity contribution in [3.05, 3.63) is 18.0 Å². The van der Waals surface area contributed by atoms with E-state index in [1.807, 2.05) is 6.20 Å². The molecule has 4 nitrogen and oxygen atoms in total. The van der Waals surface area contributed by atoms with Crippen molar-refractivity contribution >= 4 is 13.6 Å². The Kier molecular flexibility index (Phi) is 5.62.